The maximum atomic E-state index is 11.8. The first-order valence-electron chi connectivity index (χ1n) is 7.38. The Labute approximate surface area is 110 Å². The molecule has 0 radical (unpaired) electrons. The van der Waals surface area contributed by atoms with E-state index in [2.05, 4.69) is 5.32 Å². The first-order chi connectivity index (χ1) is 8.79. The van der Waals surface area contributed by atoms with Gasteiger partial charge in [0.2, 0.25) is 5.91 Å². The van der Waals surface area contributed by atoms with E-state index in [1.54, 1.807) is 0 Å². The van der Waals surface area contributed by atoms with Gasteiger partial charge in [-0.25, -0.2) is 0 Å². The minimum atomic E-state index is 0.174. The third-order valence-electron chi connectivity index (χ3n) is 4.40. The van der Waals surface area contributed by atoms with E-state index < -0.39 is 0 Å². The van der Waals surface area contributed by atoms with Crippen molar-refractivity contribution in [1.82, 2.24) is 5.32 Å². The summed E-state index contributed by atoms with van der Waals surface area (Å²) in [5.74, 6) is 1.39. The van der Waals surface area contributed by atoms with Crippen LogP contribution in [0.5, 0.6) is 0 Å². The van der Waals surface area contributed by atoms with Crippen molar-refractivity contribution in [3.63, 3.8) is 0 Å². The third-order valence-corrected chi connectivity index (χ3v) is 4.40. The van der Waals surface area contributed by atoms with Gasteiger partial charge in [-0.15, -0.1) is 0 Å². The minimum Gasteiger partial charge on any atom is -0.378 e. The van der Waals surface area contributed by atoms with E-state index in [0.29, 0.717) is 24.4 Å². The number of hydrogen-bond acceptors (Lipinski definition) is 3. The molecule has 1 saturated carbocycles. The molecule has 104 valence electrons. The SMILES string of the molecule is NCC1CCCC1CNC(=O)CCC1CCCO1. The van der Waals surface area contributed by atoms with Gasteiger partial charge >= 0.3 is 0 Å². The Morgan fingerprint density at radius 2 is 2.06 bits per heavy atom. The zero-order valence-electron chi connectivity index (χ0n) is 11.2. The van der Waals surface area contributed by atoms with Gasteiger partial charge < -0.3 is 15.8 Å². The third kappa shape index (κ3) is 3.95. The molecular weight excluding hydrogens is 228 g/mol. The number of hydrogen-bond donors (Lipinski definition) is 2. The van der Waals surface area contributed by atoms with Crippen LogP contribution < -0.4 is 11.1 Å². The monoisotopic (exact) mass is 254 g/mol. The first-order valence-corrected chi connectivity index (χ1v) is 7.38. The lowest BCUT2D eigenvalue weighted by atomic mass is 9.96. The van der Waals surface area contributed by atoms with Crippen molar-refractivity contribution in [1.29, 1.82) is 0 Å². The topological polar surface area (TPSA) is 64.3 Å². The molecular formula is C14H26N2O2. The van der Waals surface area contributed by atoms with Crippen LogP contribution in [-0.4, -0.2) is 31.7 Å². The molecule has 1 aliphatic carbocycles. The molecule has 1 amide bonds. The van der Waals surface area contributed by atoms with Gasteiger partial charge in [-0.05, 0) is 50.5 Å². The molecule has 18 heavy (non-hydrogen) atoms. The summed E-state index contributed by atoms with van der Waals surface area (Å²) in [6.07, 6.45) is 7.76. The Kier molecular flexibility index (Phi) is 5.45. The van der Waals surface area contributed by atoms with E-state index in [-0.39, 0.29) is 5.91 Å². The van der Waals surface area contributed by atoms with Gasteiger partial charge in [-0.2, -0.15) is 0 Å². The van der Waals surface area contributed by atoms with Gasteiger partial charge in [0.15, 0.2) is 0 Å². The second-order valence-electron chi connectivity index (χ2n) is 5.66. The molecule has 2 fully saturated rings. The largest absolute Gasteiger partial charge is 0.378 e. The fourth-order valence-corrected chi connectivity index (χ4v) is 3.19. The van der Waals surface area contributed by atoms with Crippen LogP contribution in [0.1, 0.15) is 44.9 Å². The summed E-state index contributed by atoms with van der Waals surface area (Å²) in [7, 11) is 0. The van der Waals surface area contributed by atoms with Gasteiger partial charge in [0.25, 0.3) is 0 Å². The quantitative estimate of drug-likeness (QED) is 0.754. The van der Waals surface area contributed by atoms with Gasteiger partial charge in [0.05, 0.1) is 6.10 Å². The number of carbonyl (C=O) groups excluding carboxylic acids is 1. The highest BCUT2D eigenvalue weighted by Crippen LogP contribution is 2.30. The number of nitrogens with two attached hydrogens (primary N) is 1. The average molecular weight is 254 g/mol. The molecule has 0 bridgehead atoms. The van der Waals surface area contributed by atoms with Crippen molar-refractivity contribution in [2.75, 3.05) is 19.7 Å². The molecule has 1 aliphatic heterocycles. The first kappa shape index (κ1) is 13.8. The zero-order chi connectivity index (χ0) is 12.8. The lowest BCUT2D eigenvalue weighted by Crippen LogP contribution is -2.33. The van der Waals surface area contributed by atoms with E-state index in [4.69, 9.17) is 10.5 Å². The highest BCUT2D eigenvalue weighted by atomic mass is 16.5. The summed E-state index contributed by atoms with van der Waals surface area (Å²) < 4.78 is 5.52. The average Bonchev–Trinajstić information content (AvgIpc) is 3.04. The molecule has 3 N–H and O–H groups in total. The molecule has 0 aromatic carbocycles. The molecule has 4 heteroatoms. The van der Waals surface area contributed by atoms with Crippen molar-refractivity contribution in [3.05, 3.63) is 0 Å². The van der Waals surface area contributed by atoms with Crippen LogP contribution in [0.2, 0.25) is 0 Å². The molecule has 1 saturated heterocycles. The summed E-state index contributed by atoms with van der Waals surface area (Å²) >= 11 is 0. The van der Waals surface area contributed by atoms with E-state index >= 15 is 0 Å². The standard InChI is InChI=1S/C14H26N2O2/c15-9-11-3-1-4-12(11)10-16-14(17)7-6-13-5-2-8-18-13/h11-13H,1-10,15H2,(H,16,17). The number of rotatable bonds is 6. The number of nitrogens with one attached hydrogen (secondary N) is 1. The van der Waals surface area contributed by atoms with Crippen LogP contribution in [0.25, 0.3) is 0 Å². The van der Waals surface area contributed by atoms with Crippen LogP contribution in [0.4, 0.5) is 0 Å². The van der Waals surface area contributed by atoms with Crippen LogP contribution in [0.3, 0.4) is 0 Å². The summed E-state index contributed by atoms with van der Waals surface area (Å²) in [5.41, 5.74) is 5.74. The summed E-state index contributed by atoms with van der Waals surface area (Å²) in [4.78, 5) is 11.8. The lowest BCUT2D eigenvalue weighted by Gasteiger charge is -2.18. The highest BCUT2D eigenvalue weighted by Gasteiger charge is 2.26. The Bertz CT molecular complexity index is 265. The van der Waals surface area contributed by atoms with Crippen LogP contribution >= 0.6 is 0 Å². The zero-order valence-corrected chi connectivity index (χ0v) is 11.2. The number of ether oxygens (including phenoxy) is 1. The number of carbonyl (C=O) groups is 1. The van der Waals surface area contributed by atoms with Gasteiger partial charge in [-0.3, -0.25) is 4.79 Å². The minimum absolute atomic E-state index is 0.174. The predicted octanol–water partition coefficient (Wildman–Crippen LogP) is 1.44. The predicted molar refractivity (Wildman–Crippen MR) is 71.1 cm³/mol. The molecule has 4 nitrogen and oxygen atoms in total. The fraction of sp³-hybridized carbons (Fsp3) is 0.929. The van der Waals surface area contributed by atoms with E-state index in [9.17, 15) is 4.79 Å². The summed E-state index contributed by atoms with van der Waals surface area (Å²) in [6, 6.07) is 0. The van der Waals surface area contributed by atoms with Gasteiger partial charge in [0, 0.05) is 19.6 Å². The van der Waals surface area contributed by atoms with Crippen molar-refractivity contribution in [3.8, 4) is 0 Å². The lowest BCUT2D eigenvalue weighted by molar-refractivity contribution is -0.121. The summed E-state index contributed by atoms with van der Waals surface area (Å²) in [6.45, 7) is 2.44. The van der Waals surface area contributed by atoms with Crippen LogP contribution in [-0.2, 0) is 9.53 Å². The van der Waals surface area contributed by atoms with E-state index in [0.717, 1.165) is 39.0 Å². The maximum Gasteiger partial charge on any atom is 0.220 e. The normalized spacial score (nSPS) is 31.7. The molecule has 0 spiro atoms. The molecule has 2 rings (SSSR count). The van der Waals surface area contributed by atoms with E-state index in [1.165, 1.54) is 19.3 Å². The van der Waals surface area contributed by atoms with E-state index in [1.807, 2.05) is 0 Å². The van der Waals surface area contributed by atoms with Crippen molar-refractivity contribution < 1.29 is 9.53 Å². The Hall–Kier alpha value is -0.610. The van der Waals surface area contributed by atoms with Crippen LogP contribution in [0.15, 0.2) is 0 Å². The second kappa shape index (κ2) is 7.10. The molecule has 0 aromatic heterocycles. The Morgan fingerprint density at radius 1 is 1.22 bits per heavy atom. The van der Waals surface area contributed by atoms with Crippen molar-refractivity contribution >= 4 is 5.91 Å². The maximum absolute atomic E-state index is 11.8. The van der Waals surface area contributed by atoms with Crippen molar-refractivity contribution in [2.45, 2.75) is 51.0 Å². The molecule has 2 aliphatic rings. The van der Waals surface area contributed by atoms with Crippen molar-refractivity contribution in [2.24, 2.45) is 17.6 Å². The van der Waals surface area contributed by atoms with Gasteiger partial charge in [0.1, 0.15) is 0 Å². The molecule has 1 heterocycles. The highest BCUT2D eigenvalue weighted by molar-refractivity contribution is 5.75. The van der Waals surface area contributed by atoms with Crippen LogP contribution in [0, 0.1) is 11.8 Å². The van der Waals surface area contributed by atoms with Gasteiger partial charge in [-0.1, -0.05) is 6.42 Å². The summed E-state index contributed by atoms with van der Waals surface area (Å²) in [5, 5.41) is 3.06. The Balaban J connectivity index is 1.59. The fourth-order valence-electron chi connectivity index (χ4n) is 3.19. The molecule has 3 unspecified atom stereocenters. The second-order valence-corrected chi connectivity index (χ2v) is 5.66. The molecule has 3 atom stereocenters. The number of amides is 1. The molecule has 0 aromatic rings. The Morgan fingerprint density at radius 3 is 2.78 bits per heavy atom. The smallest absolute Gasteiger partial charge is 0.220 e.